The summed E-state index contributed by atoms with van der Waals surface area (Å²) in [4.78, 5) is 21.6. The minimum Gasteiger partial charge on any atom is -0.468 e. The van der Waals surface area contributed by atoms with E-state index in [-0.39, 0.29) is 5.56 Å². The summed E-state index contributed by atoms with van der Waals surface area (Å²) in [5, 5.41) is 0. The third-order valence-corrected chi connectivity index (χ3v) is 2.56. The van der Waals surface area contributed by atoms with E-state index in [1.54, 1.807) is 0 Å². The molecule has 0 aromatic heterocycles. The molecule has 0 amide bonds. The van der Waals surface area contributed by atoms with Crippen LogP contribution in [-0.4, -0.2) is 23.7 Å². The van der Waals surface area contributed by atoms with Crippen LogP contribution in [0.15, 0.2) is 24.3 Å². The Morgan fingerprint density at radius 2 is 1.87 bits per heavy atom. The number of hydrogen-bond acceptors (Lipinski definition) is 3. The molecule has 0 fully saturated rings. The number of hydrogen-bond donors (Lipinski definition) is 0. The number of carbonyl (C=O) groups excluding carboxylic acids is 2. The Morgan fingerprint density at radius 1 is 1.33 bits per heavy atom. The van der Waals surface area contributed by atoms with E-state index in [4.69, 9.17) is 0 Å². The van der Waals surface area contributed by atoms with E-state index in [1.807, 2.05) is 0 Å². The fourth-order valence-electron chi connectivity index (χ4n) is 0.971. The van der Waals surface area contributed by atoms with E-state index >= 15 is 0 Å². The van der Waals surface area contributed by atoms with Crippen molar-refractivity contribution in [3.05, 3.63) is 35.6 Å². The number of halogens is 2. The molecule has 0 spiro atoms. The lowest BCUT2D eigenvalue weighted by atomic mass is 10.1. The molecule has 0 saturated carbocycles. The summed E-state index contributed by atoms with van der Waals surface area (Å²) in [5.41, 5.74) is 0.253. The van der Waals surface area contributed by atoms with Crippen LogP contribution in [-0.2, 0) is 9.53 Å². The summed E-state index contributed by atoms with van der Waals surface area (Å²) in [6.45, 7) is 0. The first kappa shape index (κ1) is 11.8. The molecule has 80 valence electrons. The smallest absolute Gasteiger partial charge is 0.327 e. The first-order valence-electron chi connectivity index (χ1n) is 4.08. The lowest BCUT2D eigenvalue weighted by Crippen LogP contribution is -2.25. The maximum atomic E-state index is 12.6. The van der Waals surface area contributed by atoms with Gasteiger partial charge in [-0.3, -0.25) is 9.59 Å². The number of alkyl halides is 1. The first-order chi connectivity index (χ1) is 7.06. The molecule has 0 heterocycles. The van der Waals surface area contributed by atoms with Gasteiger partial charge in [-0.2, -0.15) is 0 Å². The second kappa shape index (κ2) is 5.02. The Balaban J connectivity index is 2.85. The fraction of sp³-hybridized carbons (Fsp3) is 0.200. The van der Waals surface area contributed by atoms with E-state index < -0.39 is 22.4 Å². The number of Topliss-reactive ketones (excluding diaryl/α,β-unsaturated/α-hetero) is 1. The molecule has 1 aromatic rings. The maximum Gasteiger partial charge on any atom is 0.327 e. The lowest BCUT2D eigenvalue weighted by Gasteiger charge is -2.06. The van der Waals surface area contributed by atoms with Crippen LogP contribution in [0.1, 0.15) is 10.4 Å². The zero-order valence-electron chi connectivity index (χ0n) is 7.87. The van der Waals surface area contributed by atoms with Crippen LogP contribution in [0.5, 0.6) is 0 Å². The lowest BCUT2D eigenvalue weighted by molar-refractivity contribution is -0.138. The summed E-state index contributed by atoms with van der Waals surface area (Å²) < 4.78 is 17.0. The van der Waals surface area contributed by atoms with Gasteiger partial charge in [0.1, 0.15) is 5.82 Å². The SMILES string of the molecule is COC(=O)[C@@H](Br)C(=O)c1ccc(F)cc1. The molecule has 0 N–H and O–H groups in total. The van der Waals surface area contributed by atoms with E-state index in [1.165, 1.54) is 19.2 Å². The van der Waals surface area contributed by atoms with Crippen molar-refractivity contribution < 1.29 is 18.7 Å². The van der Waals surface area contributed by atoms with Gasteiger partial charge in [0.2, 0.25) is 0 Å². The molecule has 0 aliphatic heterocycles. The molecule has 0 unspecified atom stereocenters. The number of benzene rings is 1. The fourth-order valence-corrected chi connectivity index (χ4v) is 1.42. The predicted molar refractivity (Wildman–Crippen MR) is 55.5 cm³/mol. The van der Waals surface area contributed by atoms with Gasteiger partial charge in [0.15, 0.2) is 10.6 Å². The second-order valence-corrected chi connectivity index (χ2v) is 3.67. The van der Waals surface area contributed by atoms with Gasteiger partial charge >= 0.3 is 5.97 Å². The number of ketones is 1. The zero-order valence-corrected chi connectivity index (χ0v) is 9.45. The van der Waals surface area contributed by atoms with Gasteiger partial charge in [-0.1, -0.05) is 15.9 Å². The summed E-state index contributed by atoms with van der Waals surface area (Å²) >= 11 is 2.91. The van der Waals surface area contributed by atoms with Crippen LogP contribution in [0.25, 0.3) is 0 Å². The number of esters is 1. The largest absolute Gasteiger partial charge is 0.468 e. The predicted octanol–water partition coefficient (Wildman–Crippen LogP) is 1.94. The van der Waals surface area contributed by atoms with Crippen molar-refractivity contribution >= 4 is 27.7 Å². The standard InChI is InChI=1S/C10H8BrFO3/c1-15-10(14)8(11)9(13)6-2-4-7(12)5-3-6/h2-5,8H,1H3/t8-/m0/s1. The van der Waals surface area contributed by atoms with Gasteiger partial charge in [-0.15, -0.1) is 0 Å². The second-order valence-electron chi connectivity index (χ2n) is 2.76. The molecule has 1 rings (SSSR count). The van der Waals surface area contributed by atoms with Crippen molar-refractivity contribution in [2.45, 2.75) is 4.83 Å². The summed E-state index contributed by atoms with van der Waals surface area (Å²) in [6.07, 6.45) is 0. The summed E-state index contributed by atoms with van der Waals surface area (Å²) in [6, 6.07) is 4.94. The number of ether oxygens (including phenoxy) is 1. The topological polar surface area (TPSA) is 43.4 Å². The van der Waals surface area contributed by atoms with Crippen LogP contribution in [0.3, 0.4) is 0 Å². The molecule has 15 heavy (non-hydrogen) atoms. The highest BCUT2D eigenvalue weighted by Gasteiger charge is 2.25. The van der Waals surface area contributed by atoms with Gasteiger partial charge in [0.05, 0.1) is 7.11 Å². The highest BCUT2D eigenvalue weighted by atomic mass is 79.9. The van der Waals surface area contributed by atoms with E-state index in [2.05, 4.69) is 20.7 Å². The van der Waals surface area contributed by atoms with Crippen molar-refractivity contribution in [3.63, 3.8) is 0 Å². The van der Waals surface area contributed by atoms with Gasteiger partial charge < -0.3 is 4.74 Å². The Kier molecular flexibility index (Phi) is 3.96. The molecule has 5 heteroatoms. The molecule has 0 aliphatic rings. The maximum absolute atomic E-state index is 12.6. The highest BCUT2D eigenvalue weighted by Crippen LogP contribution is 2.12. The monoisotopic (exact) mass is 274 g/mol. The van der Waals surface area contributed by atoms with Crippen molar-refractivity contribution in [1.29, 1.82) is 0 Å². The van der Waals surface area contributed by atoms with Gasteiger partial charge in [0, 0.05) is 5.56 Å². The third kappa shape index (κ3) is 2.86. The van der Waals surface area contributed by atoms with Crippen molar-refractivity contribution in [1.82, 2.24) is 0 Å². The molecule has 1 aromatic carbocycles. The van der Waals surface area contributed by atoms with E-state index in [0.29, 0.717) is 0 Å². The van der Waals surface area contributed by atoms with Crippen LogP contribution < -0.4 is 0 Å². The number of methoxy groups -OCH3 is 1. The minimum atomic E-state index is -1.05. The molecule has 0 saturated heterocycles. The third-order valence-electron chi connectivity index (χ3n) is 1.77. The molecule has 0 radical (unpaired) electrons. The molecule has 1 atom stereocenters. The summed E-state index contributed by atoms with van der Waals surface area (Å²) in [7, 11) is 1.19. The number of rotatable bonds is 3. The molecule has 3 nitrogen and oxygen atoms in total. The summed E-state index contributed by atoms with van der Waals surface area (Å²) in [5.74, 6) is -1.57. The van der Waals surface area contributed by atoms with Crippen LogP contribution in [0, 0.1) is 5.82 Å². The Morgan fingerprint density at radius 3 is 2.33 bits per heavy atom. The van der Waals surface area contributed by atoms with E-state index in [0.717, 1.165) is 12.1 Å². The number of carbonyl (C=O) groups is 2. The Hall–Kier alpha value is -1.23. The average molecular weight is 275 g/mol. The van der Waals surface area contributed by atoms with Crippen molar-refractivity contribution in [2.75, 3.05) is 7.11 Å². The van der Waals surface area contributed by atoms with Crippen molar-refractivity contribution in [3.8, 4) is 0 Å². The Labute approximate surface area is 94.4 Å². The van der Waals surface area contributed by atoms with Gasteiger partial charge in [-0.25, -0.2) is 4.39 Å². The molecule has 0 bridgehead atoms. The molecular formula is C10H8BrFO3. The van der Waals surface area contributed by atoms with Crippen molar-refractivity contribution in [2.24, 2.45) is 0 Å². The highest BCUT2D eigenvalue weighted by molar-refractivity contribution is 9.10. The quantitative estimate of drug-likeness (QED) is 0.366. The van der Waals surface area contributed by atoms with Gasteiger partial charge in [0.25, 0.3) is 0 Å². The average Bonchev–Trinajstić information content (AvgIpc) is 2.27. The minimum absolute atomic E-state index is 0.253. The van der Waals surface area contributed by atoms with Crippen LogP contribution in [0.2, 0.25) is 0 Å². The molecule has 0 aliphatic carbocycles. The normalized spacial score (nSPS) is 11.9. The van der Waals surface area contributed by atoms with Gasteiger partial charge in [-0.05, 0) is 24.3 Å². The molecular weight excluding hydrogens is 267 g/mol. The van der Waals surface area contributed by atoms with E-state index in [9.17, 15) is 14.0 Å². The van der Waals surface area contributed by atoms with Crippen LogP contribution in [0.4, 0.5) is 4.39 Å². The zero-order chi connectivity index (χ0) is 11.4. The van der Waals surface area contributed by atoms with Crippen LogP contribution >= 0.6 is 15.9 Å². The first-order valence-corrected chi connectivity index (χ1v) is 4.99. The Bertz CT molecular complexity index is 375.